The largest absolute Gasteiger partial charge is 0.449 e. The van der Waals surface area contributed by atoms with Gasteiger partial charge in [0.1, 0.15) is 4.21 Å². The van der Waals surface area contributed by atoms with E-state index in [1.807, 2.05) is 18.6 Å². The van der Waals surface area contributed by atoms with Crippen LogP contribution in [0, 0.1) is 0 Å². The Morgan fingerprint density at radius 2 is 1.98 bits per heavy atom. The molecule has 234 valence electrons. The van der Waals surface area contributed by atoms with Gasteiger partial charge in [0.05, 0.1) is 24.1 Å². The number of hydrogen-bond acceptors (Lipinski definition) is 11. The molecular formula is C26H32ClN5O7S4. The van der Waals surface area contributed by atoms with Crippen LogP contribution in [-0.4, -0.2) is 87.1 Å². The molecule has 2 aliphatic heterocycles. The van der Waals surface area contributed by atoms with Crippen molar-refractivity contribution in [2.24, 2.45) is 0 Å². The summed E-state index contributed by atoms with van der Waals surface area (Å²) in [6.45, 7) is 4.16. The highest BCUT2D eigenvalue weighted by Crippen LogP contribution is 2.34. The van der Waals surface area contributed by atoms with Crippen LogP contribution in [-0.2, 0) is 37.7 Å². The lowest BCUT2D eigenvalue weighted by Gasteiger charge is -2.40. The highest BCUT2D eigenvalue weighted by molar-refractivity contribution is 7.91. The van der Waals surface area contributed by atoms with Crippen LogP contribution in [0.1, 0.15) is 47.1 Å². The van der Waals surface area contributed by atoms with Gasteiger partial charge in [-0.3, -0.25) is 4.79 Å². The van der Waals surface area contributed by atoms with Crippen molar-refractivity contribution < 1.29 is 31.2 Å². The number of nitrogens with one attached hydrogen (secondary N) is 2. The topological polar surface area (TPSA) is 155 Å². The van der Waals surface area contributed by atoms with Crippen LogP contribution in [0.2, 0.25) is 5.02 Å². The van der Waals surface area contributed by atoms with E-state index in [0.29, 0.717) is 34.5 Å². The van der Waals surface area contributed by atoms with Crippen molar-refractivity contribution in [1.29, 1.82) is 0 Å². The SMILES string of the molecule is CCCCOC(=O)NS(=O)(=O)CC1CN(S(=O)(=O)c2cc3ccc(Cl)cc3s2)CCN1C(=O)c1nc2c(s1)CNC(C)C2. The number of unbranched alkanes of at least 4 members (excludes halogenated alkanes) is 1. The summed E-state index contributed by atoms with van der Waals surface area (Å²) in [5.41, 5.74) is 0.825. The lowest BCUT2D eigenvalue weighted by Crippen LogP contribution is -2.59. The van der Waals surface area contributed by atoms with Crippen LogP contribution in [0.25, 0.3) is 10.1 Å². The van der Waals surface area contributed by atoms with Crippen molar-refractivity contribution in [3.8, 4) is 0 Å². The Hall–Kier alpha value is -2.34. The molecule has 1 aromatic carbocycles. The second kappa shape index (κ2) is 12.9. The number of hydrogen-bond donors (Lipinski definition) is 2. The number of carbonyl (C=O) groups is 2. The molecule has 2 aliphatic rings. The third-order valence-electron chi connectivity index (χ3n) is 7.21. The average Bonchev–Trinajstić information content (AvgIpc) is 3.56. The van der Waals surface area contributed by atoms with E-state index < -0.39 is 43.8 Å². The van der Waals surface area contributed by atoms with Gasteiger partial charge in [0.25, 0.3) is 15.9 Å². The fraction of sp³-hybridized carbons (Fsp3) is 0.500. The van der Waals surface area contributed by atoms with Gasteiger partial charge < -0.3 is 15.0 Å². The Morgan fingerprint density at radius 3 is 2.74 bits per heavy atom. The van der Waals surface area contributed by atoms with E-state index in [1.165, 1.54) is 20.5 Å². The Balaban J connectivity index is 1.40. The highest BCUT2D eigenvalue weighted by atomic mass is 35.5. The second-order valence-electron chi connectivity index (χ2n) is 10.5. The summed E-state index contributed by atoms with van der Waals surface area (Å²) in [4.78, 5) is 32.7. The number of rotatable bonds is 9. The number of aromatic nitrogens is 1. The molecule has 17 heteroatoms. The number of fused-ring (bicyclic) bond motifs is 2. The number of benzene rings is 1. The van der Waals surface area contributed by atoms with Crippen molar-refractivity contribution in [2.75, 3.05) is 32.0 Å². The van der Waals surface area contributed by atoms with Crippen molar-refractivity contribution in [3.05, 3.63) is 44.9 Å². The molecule has 2 N–H and O–H groups in total. The summed E-state index contributed by atoms with van der Waals surface area (Å²) in [5.74, 6) is -1.19. The second-order valence-corrected chi connectivity index (χ2v) is 17.0. The first-order chi connectivity index (χ1) is 20.4. The maximum absolute atomic E-state index is 13.7. The van der Waals surface area contributed by atoms with Gasteiger partial charge in [0, 0.05) is 53.2 Å². The van der Waals surface area contributed by atoms with Gasteiger partial charge in [0.2, 0.25) is 10.0 Å². The molecule has 1 fully saturated rings. The Labute approximate surface area is 263 Å². The molecule has 0 radical (unpaired) electrons. The number of nitrogens with zero attached hydrogens (tertiary/aromatic N) is 3. The Kier molecular flexibility index (Phi) is 9.66. The molecule has 12 nitrogen and oxygen atoms in total. The monoisotopic (exact) mass is 689 g/mol. The van der Waals surface area contributed by atoms with Crippen molar-refractivity contribution in [1.82, 2.24) is 24.2 Å². The van der Waals surface area contributed by atoms with Gasteiger partial charge >= 0.3 is 6.09 Å². The molecule has 2 unspecified atom stereocenters. The Bertz CT molecular complexity index is 1740. The minimum Gasteiger partial charge on any atom is -0.449 e. The molecule has 4 heterocycles. The van der Waals surface area contributed by atoms with Crippen molar-refractivity contribution in [3.63, 3.8) is 0 Å². The summed E-state index contributed by atoms with van der Waals surface area (Å²) >= 11 is 8.39. The normalized spacial score (nSPS) is 19.7. The van der Waals surface area contributed by atoms with Crippen LogP contribution in [0.3, 0.4) is 0 Å². The summed E-state index contributed by atoms with van der Waals surface area (Å²) < 4.78 is 62.4. The number of halogens is 1. The molecule has 0 bridgehead atoms. The fourth-order valence-electron chi connectivity index (χ4n) is 4.98. The smallest absolute Gasteiger partial charge is 0.420 e. The molecule has 0 saturated carbocycles. The van der Waals surface area contributed by atoms with Gasteiger partial charge in [-0.15, -0.1) is 22.7 Å². The molecular weight excluding hydrogens is 658 g/mol. The van der Waals surface area contributed by atoms with Crippen molar-refractivity contribution in [2.45, 2.75) is 55.9 Å². The number of amides is 2. The molecule has 0 aliphatic carbocycles. The third-order valence-corrected chi connectivity index (χ3v) is 13.2. The predicted octanol–water partition coefficient (Wildman–Crippen LogP) is 3.42. The van der Waals surface area contributed by atoms with Crippen LogP contribution in [0.15, 0.2) is 28.5 Å². The van der Waals surface area contributed by atoms with E-state index in [4.69, 9.17) is 16.3 Å². The number of piperazine rings is 1. The highest BCUT2D eigenvalue weighted by Gasteiger charge is 2.40. The number of thiazole rings is 1. The number of carbonyl (C=O) groups excluding carboxylic acids is 2. The molecule has 2 aromatic heterocycles. The minimum absolute atomic E-state index is 0.0458. The summed E-state index contributed by atoms with van der Waals surface area (Å²) in [5, 5.41) is 4.74. The van der Waals surface area contributed by atoms with E-state index in [2.05, 4.69) is 10.3 Å². The number of ether oxygens (including phenoxy) is 1. The van der Waals surface area contributed by atoms with Gasteiger partial charge in [-0.05, 0) is 36.9 Å². The fourth-order valence-corrected chi connectivity index (χ4v) is 10.5. The van der Waals surface area contributed by atoms with E-state index in [9.17, 15) is 26.4 Å². The first-order valence-electron chi connectivity index (χ1n) is 13.8. The first-order valence-corrected chi connectivity index (χ1v) is 18.9. The van der Waals surface area contributed by atoms with Gasteiger partial charge in [0.15, 0.2) is 5.01 Å². The molecule has 3 aromatic rings. The molecule has 0 spiro atoms. The van der Waals surface area contributed by atoms with Gasteiger partial charge in [-0.25, -0.2) is 31.3 Å². The summed E-state index contributed by atoms with van der Waals surface area (Å²) in [6.07, 6.45) is 0.866. The molecule has 5 rings (SSSR count). The average molecular weight is 690 g/mol. The zero-order valence-electron chi connectivity index (χ0n) is 23.5. The van der Waals surface area contributed by atoms with Crippen LogP contribution in [0.4, 0.5) is 4.79 Å². The molecule has 2 amide bonds. The zero-order valence-corrected chi connectivity index (χ0v) is 27.6. The predicted molar refractivity (Wildman–Crippen MR) is 166 cm³/mol. The molecule has 43 heavy (non-hydrogen) atoms. The third kappa shape index (κ3) is 7.32. The lowest BCUT2D eigenvalue weighted by molar-refractivity contribution is 0.0595. The van der Waals surface area contributed by atoms with Gasteiger partial charge in [-0.2, -0.15) is 4.31 Å². The minimum atomic E-state index is -4.31. The first kappa shape index (κ1) is 32.1. The number of sulfonamides is 2. The van der Waals surface area contributed by atoms with Crippen molar-refractivity contribution >= 4 is 76.4 Å². The maximum Gasteiger partial charge on any atom is 0.420 e. The Morgan fingerprint density at radius 1 is 1.19 bits per heavy atom. The summed E-state index contributed by atoms with van der Waals surface area (Å²) in [7, 11) is -8.36. The standard InChI is InChI=1S/C26H32ClN5O7S4/c1-3-4-9-39-26(34)30-42(35,36)15-19-14-31(43(37,38)23-11-17-5-6-18(27)12-21(17)40-23)7-8-32(19)25(33)24-29-20-10-16(2)28-13-22(20)41-24/h5-6,11-12,16,19,28H,3-4,7-10,13-15H2,1-2H3,(H,30,34). The van der Waals surface area contributed by atoms with Gasteiger partial charge in [-0.1, -0.05) is 31.0 Å². The molecule has 2 atom stereocenters. The number of thiophene rings is 1. The maximum atomic E-state index is 13.7. The van der Waals surface area contributed by atoms with E-state index in [-0.39, 0.29) is 41.5 Å². The van der Waals surface area contributed by atoms with Crippen LogP contribution >= 0.6 is 34.3 Å². The van der Waals surface area contributed by atoms with Crippen LogP contribution < -0.4 is 10.0 Å². The summed E-state index contributed by atoms with van der Waals surface area (Å²) in [6, 6.07) is 5.75. The van der Waals surface area contributed by atoms with Crippen LogP contribution in [0.5, 0.6) is 0 Å². The molecule has 1 saturated heterocycles. The lowest BCUT2D eigenvalue weighted by atomic mass is 10.1. The zero-order chi connectivity index (χ0) is 30.9. The quantitative estimate of drug-likeness (QED) is 0.322. The van der Waals surface area contributed by atoms with E-state index in [1.54, 1.807) is 24.3 Å². The van der Waals surface area contributed by atoms with E-state index in [0.717, 1.165) is 28.3 Å². The van der Waals surface area contributed by atoms with E-state index >= 15 is 0 Å².